The minimum Gasteiger partial charge on any atom is -0.493 e. The van der Waals surface area contributed by atoms with Crippen molar-refractivity contribution in [3.05, 3.63) is 53.1 Å². The van der Waals surface area contributed by atoms with Crippen molar-refractivity contribution in [1.29, 1.82) is 0 Å². The highest BCUT2D eigenvalue weighted by Crippen LogP contribution is 2.27. The molecule has 0 aromatic heterocycles. The van der Waals surface area contributed by atoms with Crippen LogP contribution in [0, 0.1) is 0 Å². The number of carbonyl (C=O) groups is 2. The first-order valence-electron chi connectivity index (χ1n) is 8.65. The summed E-state index contributed by atoms with van der Waals surface area (Å²) in [7, 11) is -2.20. The molecular formula is C19H21ClN2O6S. The van der Waals surface area contributed by atoms with Crippen molar-refractivity contribution in [2.24, 2.45) is 0 Å². The molecule has 0 aliphatic rings. The number of hydrazine groups is 1. The fraction of sp³-hybridized carbons (Fsp3) is 0.263. The van der Waals surface area contributed by atoms with E-state index in [2.05, 4.69) is 10.9 Å². The second kappa shape index (κ2) is 10.1. The Morgan fingerprint density at radius 2 is 1.72 bits per heavy atom. The van der Waals surface area contributed by atoms with E-state index >= 15 is 0 Å². The van der Waals surface area contributed by atoms with Crippen LogP contribution in [0.1, 0.15) is 23.7 Å². The predicted molar refractivity (Wildman–Crippen MR) is 108 cm³/mol. The van der Waals surface area contributed by atoms with E-state index in [1.807, 2.05) is 6.92 Å². The zero-order valence-electron chi connectivity index (χ0n) is 15.9. The molecule has 0 saturated carbocycles. The number of methoxy groups -OCH3 is 1. The van der Waals surface area contributed by atoms with Crippen molar-refractivity contribution in [3.8, 4) is 11.5 Å². The summed E-state index contributed by atoms with van der Waals surface area (Å²) >= 11 is 5.74. The SMILES string of the molecule is CCOc1ccc(C(=O)NNC(=O)CCS(=O)(=O)c2ccc(Cl)cc2)cc1OC. The lowest BCUT2D eigenvalue weighted by Crippen LogP contribution is -2.42. The Bertz CT molecular complexity index is 977. The van der Waals surface area contributed by atoms with E-state index in [4.69, 9.17) is 21.1 Å². The molecule has 10 heteroatoms. The highest BCUT2D eigenvalue weighted by Gasteiger charge is 2.17. The largest absolute Gasteiger partial charge is 0.493 e. The molecule has 2 aromatic rings. The summed E-state index contributed by atoms with van der Waals surface area (Å²) in [6.45, 7) is 2.26. The molecule has 0 aliphatic heterocycles. The molecule has 156 valence electrons. The fourth-order valence-electron chi connectivity index (χ4n) is 2.33. The van der Waals surface area contributed by atoms with E-state index in [0.29, 0.717) is 23.1 Å². The van der Waals surface area contributed by atoms with Crippen LogP contribution in [-0.2, 0) is 14.6 Å². The minimum absolute atomic E-state index is 0.0696. The Morgan fingerprint density at radius 1 is 1.03 bits per heavy atom. The molecule has 2 aromatic carbocycles. The van der Waals surface area contributed by atoms with Crippen molar-refractivity contribution in [2.45, 2.75) is 18.2 Å². The molecule has 29 heavy (non-hydrogen) atoms. The van der Waals surface area contributed by atoms with Crippen molar-refractivity contribution < 1.29 is 27.5 Å². The third-order valence-corrected chi connectivity index (χ3v) is 5.80. The third-order valence-electron chi connectivity index (χ3n) is 3.81. The number of hydrogen-bond acceptors (Lipinski definition) is 6. The van der Waals surface area contributed by atoms with Gasteiger partial charge in [-0.2, -0.15) is 0 Å². The van der Waals surface area contributed by atoms with Gasteiger partial charge < -0.3 is 9.47 Å². The Hall–Kier alpha value is -2.78. The molecule has 0 saturated heterocycles. The lowest BCUT2D eigenvalue weighted by molar-refractivity contribution is -0.121. The van der Waals surface area contributed by atoms with Crippen LogP contribution in [0.2, 0.25) is 5.02 Å². The van der Waals surface area contributed by atoms with Gasteiger partial charge in [0.15, 0.2) is 21.3 Å². The van der Waals surface area contributed by atoms with Gasteiger partial charge in [-0.3, -0.25) is 20.4 Å². The average Bonchev–Trinajstić information content (AvgIpc) is 2.71. The van der Waals surface area contributed by atoms with Gasteiger partial charge >= 0.3 is 0 Å². The first-order chi connectivity index (χ1) is 13.8. The summed E-state index contributed by atoms with van der Waals surface area (Å²) in [5.41, 5.74) is 4.67. The average molecular weight is 441 g/mol. The maximum absolute atomic E-state index is 12.2. The molecule has 0 unspecified atom stereocenters. The van der Waals surface area contributed by atoms with Crippen molar-refractivity contribution in [1.82, 2.24) is 10.9 Å². The molecule has 0 radical (unpaired) electrons. The monoisotopic (exact) mass is 440 g/mol. The van der Waals surface area contributed by atoms with Gasteiger partial charge in [0.05, 0.1) is 24.4 Å². The number of nitrogens with one attached hydrogen (secondary N) is 2. The van der Waals surface area contributed by atoms with Gasteiger partial charge in [-0.05, 0) is 49.4 Å². The number of sulfone groups is 1. The highest BCUT2D eigenvalue weighted by atomic mass is 35.5. The normalized spacial score (nSPS) is 10.9. The summed E-state index contributed by atoms with van der Waals surface area (Å²) < 4.78 is 35.0. The van der Waals surface area contributed by atoms with Gasteiger partial charge in [-0.15, -0.1) is 0 Å². The van der Waals surface area contributed by atoms with Crippen LogP contribution in [0.5, 0.6) is 11.5 Å². The fourth-order valence-corrected chi connectivity index (χ4v) is 3.70. The molecule has 0 bridgehead atoms. The lowest BCUT2D eigenvalue weighted by atomic mass is 10.2. The van der Waals surface area contributed by atoms with Gasteiger partial charge in [0.1, 0.15) is 0 Å². The number of benzene rings is 2. The first kappa shape index (κ1) is 22.5. The first-order valence-corrected chi connectivity index (χ1v) is 10.7. The molecule has 0 atom stereocenters. The van der Waals surface area contributed by atoms with Gasteiger partial charge in [-0.25, -0.2) is 8.42 Å². The molecule has 0 fully saturated rings. The highest BCUT2D eigenvalue weighted by molar-refractivity contribution is 7.91. The van der Waals surface area contributed by atoms with Crippen LogP contribution in [0.25, 0.3) is 0 Å². The second-order valence-corrected chi connectivity index (χ2v) is 8.37. The smallest absolute Gasteiger partial charge is 0.269 e. The van der Waals surface area contributed by atoms with Crippen LogP contribution >= 0.6 is 11.6 Å². The number of amides is 2. The van der Waals surface area contributed by atoms with Gasteiger partial charge in [0.25, 0.3) is 5.91 Å². The lowest BCUT2D eigenvalue weighted by Gasteiger charge is -2.11. The number of hydrogen-bond donors (Lipinski definition) is 2. The Morgan fingerprint density at radius 3 is 2.34 bits per heavy atom. The molecule has 0 heterocycles. The Labute approximate surface area is 174 Å². The van der Waals surface area contributed by atoms with E-state index in [9.17, 15) is 18.0 Å². The van der Waals surface area contributed by atoms with Crippen LogP contribution in [0.4, 0.5) is 0 Å². The summed E-state index contributed by atoms with van der Waals surface area (Å²) in [4.78, 5) is 24.2. The van der Waals surface area contributed by atoms with Gasteiger partial charge in [0.2, 0.25) is 5.91 Å². The number of halogens is 1. The molecule has 2 rings (SSSR count). The maximum atomic E-state index is 12.2. The van der Waals surface area contributed by atoms with E-state index in [-0.39, 0.29) is 16.9 Å². The summed E-state index contributed by atoms with van der Waals surface area (Å²) in [6.07, 6.45) is -0.322. The van der Waals surface area contributed by atoms with E-state index in [1.54, 1.807) is 6.07 Å². The van der Waals surface area contributed by atoms with Crippen molar-refractivity contribution in [2.75, 3.05) is 19.5 Å². The summed E-state index contributed by atoms with van der Waals surface area (Å²) in [6, 6.07) is 10.2. The van der Waals surface area contributed by atoms with Crippen LogP contribution in [-0.4, -0.2) is 39.7 Å². The summed E-state index contributed by atoms with van der Waals surface area (Å²) in [5, 5.41) is 0.412. The Balaban J connectivity index is 1.90. The molecular weight excluding hydrogens is 420 g/mol. The van der Waals surface area contributed by atoms with Crippen LogP contribution in [0.15, 0.2) is 47.4 Å². The number of rotatable bonds is 8. The second-order valence-electron chi connectivity index (χ2n) is 5.82. The molecule has 0 aliphatic carbocycles. The number of carbonyl (C=O) groups excluding carboxylic acids is 2. The van der Waals surface area contributed by atoms with Gasteiger partial charge in [-0.1, -0.05) is 11.6 Å². The zero-order valence-corrected chi connectivity index (χ0v) is 17.5. The van der Waals surface area contributed by atoms with E-state index < -0.39 is 27.4 Å². The molecule has 2 N–H and O–H groups in total. The van der Waals surface area contributed by atoms with E-state index in [0.717, 1.165) is 0 Å². The minimum atomic E-state index is -3.64. The van der Waals surface area contributed by atoms with Crippen molar-refractivity contribution >= 4 is 33.3 Å². The van der Waals surface area contributed by atoms with Crippen LogP contribution < -0.4 is 20.3 Å². The Kier molecular flexibility index (Phi) is 7.86. The quantitative estimate of drug-likeness (QED) is 0.609. The summed E-state index contributed by atoms with van der Waals surface area (Å²) in [5.74, 6) is -0.773. The maximum Gasteiger partial charge on any atom is 0.269 e. The third kappa shape index (κ3) is 6.37. The molecule has 8 nitrogen and oxygen atoms in total. The number of ether oxygens (including phenoxy) is 2. The van der Waals surface area contributed by atoms with Crippen molar-refractivity contribution in [3.63, 3.8) is 0 Å². The van der Waals surface area contributed by atoms with E-state index in [1.165, 1.54) is 43.5 Å². The van der Waals surface area contributed by atoms with Crippen LogP contribution in [0.3, 0.4) is 0 Å². The predicted octanol–water partition coefficient (Wildman–Crippen LogP) is 2.37. The topological polar surface area (TPSA) is 111 Å². The zero-order chi connectivity index (χ0) is 21.4. The molecule has 0 spiro atoms. The van der Waals surface area contributed by atoms with Gasteiger partial charge in [0, 0.05) is 17.0 Å². The molecule has 2 amide bonds. The standard InChI is InChI=1S/C19H21ClN2O6S/c1-3-28-16-9-4-13(12-17(16)27-2)19(24)22-21-18(23)10-11-29(25,26)15-7-5-14(20)6-8-15/h4-9,12H,3,10-11H2,1-2H3,(H,21,23)(H,22,24).